The van der Waals surface area contributed by atoms with E-state index in [4.69, 9.17) is 0 Å². The highest BCUT2D eigenvalue weighted by molar-refractivity contribution is 8.00. The molecule has 16 heavy (non-hydrogen) atoms. The summed E-state index contributed by atoms with van der Waals surface area (Å²) in [4.78, 5) is 11.7. The Morgan fingerprint density at radius 3 is 2.69 bits per heavy atom. The highest BCUT2D eigenvalue weighted by Crippen LogP contribution is 2.19. The summed E-state index contributed by atoms with van der Waals surface area (Å²) in [5.74, 6) is 0.472. The van der Waals surface area contributed by atoms with Gasteiger partial charge in [-0.2, -0.15) is 0 Å². The standard InChI is InChI=1S/C9H17N5OS/c1-6(2)5-10-8(15)7(3)16-9-11-12-13-14(9)4/h6-7H,5H2,1-4H3,(H,10,15)/t7-/m0/s1. The molecule has 1 atom stereocenters. The van der Waals surface area contributed by atoms with Crippen LogP contribution in [0.3, 0.4) is 0 Å². The Bertz CT molecular complexity index is 351. The molecule has 0 saturated carbocycles. The van der Waals surface area contributed by atoms with E-state index in [1.807, 2.05) is 6.92 Å². The first-order valence-electron chi connectivity index (χ1n) is 5.17. The van der Waals surface area contributed by atoms with Gasteiger partial charge in [0.05, 0.1) is 5.25 Å². The van der Waals surface area contributed by atoms with E-state index in [1.54, 1.807) is 11.7 Å². The van der Waals surface area contributed by atoms with Crippen LogP contribution in [0.4, 0.5) is 0 Å². The number of amides is 1. The molecule has 1 aromatic rings. The molecule has 0 aromatic carbocycles. The Morgan fingerprint density at radius 2 is 2.19 bits per heavy atom. The van der Waals surface area contributed by atoms with E-state index in [2.05, 4.69) is 34.7 Å². The van der Waals surface area contributed by atoms with Crippen molar-refractivity contribution >= 4 is 17.7 Å². The fourth-order valence-corrected chi connectivity index (χ4v) is 1.76. The molecule has 1 heterocycles. The zero-order valence-corrected chi connectivity index (χ0v) is 10.8. The molecular weight excluding hydrogens is 226 g/mol. The van der Waals surface area contributed by atoms with Crippen LogP contribution in [0.1, 0.15) is 20.8 Å². The third-order valence-electron chi connectivity index (χ3n) is 1.92. The zero-order chi connectivity index (χ0) is 12.1. The van der Waals surface area contributed by atoms with Crippen molar-refractivity contribution in [3.8, 4) is 0 Å². The van der Waals surface area contributed by atoms with Crippen LogP contribution >= 0.6 is 11.8 Å². The lowest BCUT2D eigenvalue weighted by Gasteiger charge is -2.12. The van der Waals surface area contributed by atoms with Crippen LogP contribution in [0.15, 0.2) is 5.16 Å². The van der Waals surface area contributed by atoms with Gasteiger partial charge in [-0.1, -0.05) is 25.6 Å². The fourth-order valence-electron chi connectivity index (χ4n) is 0.981. The fraction of sp³-hybridized carbons (Fsp3) is 0.778. The number of hydrogen-bond acceptors (Lipinski definition) is 5. The molecule has 1 N–H and O–H groups in total. The molecule has 1 amide bonds. The SMILES string of the molecule is CC(C)CNC(=O)[C@H](C)Sc1nnnn1C. The Kier molecular flexibility index (Phi) is 4.72. The third kappa shape index (κ3) is 3.80. The van der Waals surface area contributed by atoms with Gasteiger partial charge < -0.3 is 5.32 Å². The lowest BCUT2D eigenvalue weighted by molar-refractivity contribution is -0.120. The number of tetrazole rings is 1. The first kappa shape index (κ1) is 13.0. The number of nitrogens with zero attached hydrogens (tertiary/aromatic N) is 4. The minimum Gasteiger partial charge on any atom is -0.355 e. The van der Waals surface area contributed by atoms with Gasteiger partial charge in [0.15, 0.2) is 0 Å². The van der Waals surface area contributed by atoms with Crippen molar-refractivity contribution in [2.24, 2.45) is 13.0 Å². The Labute approximate surface area is 99.2 Å². The minimum absolute atomic E-state index is 0.0155. The molecule has 0 aliphatic rings. The summed E-state index contributed by atoms with van der Waals surface area (Å²) in [5, 5.41) is 14.4. The second-order valence-electron chi connectivity index (χ2n) is 3.98. The van der Waals surface area contributed by atoms with E-state index in [9.17, 15) is 4.79 Å². The summed E-state index contributed by atoms with van der Waals surface area (Å²) >= 11 is 1.35. The molecule has 7 heteroatoms. The molecule has 0 unspecified atom stereocenters. The maximum Gasteiger partial charge on any atom is 0.233 e. The lowest BCUT2D eigenvalue weighted by Crippen LogP contribution is -2.33. The summed E-state index contributed by atoms with van der Waals surface area (Å²) in [7, 11) is 1.75. The van der Waals surface area contributed by atoms with Gasteiger partial charge in [-0.15, -0.1) is 5.10 Å². The maximum absolute atomic E-state index is 11.7. The average Bonchev–Trinajstić information content (AvgIpc) is 2.60. The van der Waals surface area contributed by atoms with Crippen molar-refractivity contribution < 1.29 is 4.79 Å². The molecule has 0 aliphatic heterocycles. The number of thioether (sulfide) groups is 1. The van der Waals surface area contributed by atoms with E-state index in [0.717, 1.165) is 0 Å². The summed E-state index contributed by atoms with van der Waals surface area (Å²) < 4.78 is 1.55. The molecule has 1 aromatic heterocycles. The monoisotopic (exact) mass is 243 g/mol. The Hall–Kier alpha value is -1.11. The van der Waals surface area contributed by atoms with Gasteiger partial charge in [0.2, 0.25) is 11.1 Å². The molecule has 0 bridgehead atoms. The van der Waals surface area contributed by atoms with Crippen molar-refractivity contribution in [3.05, 3.63) is 0 Å². The van der Waals surface area contributed by atoms with Crippen LogP contribution in [0.25, 0.3) is 0 Å². The van der Waals surface area contributed by atoms with Crippen LogP contribution in [-0.2, 0) is 11.8 Å². The molecular formula is C9H17N5OS. The third-order valence-corrected chi connectivity index (χ3v) is 3.04. The molecule has 6 nitrogen and oxygen atoms in total. The topological polar surface area (TPSA) is 72.7 Å². The molecule has 0 spiro atoms. The van der Waals surface area contributed by atoms with Gasteiger partial charge in [-0.3, -0.25) is 4.79 Å². The second kappa shape index (κ2) is 5.83. The summed E-state index contributed by atoms with van der Waals surface area (Å²) in [6, 6.07) is 0. The maximum atomic E-state index is 11.7. The number of hydrogen-bond donors (Lipinski definition) is 1. The van der Waals surface area contributed by atoms with Gasteiger partial charge in [-0.05, 0) is 23.3 Å². The largest absolute Gasteiger partial charge is 0.355 e. The predicted octanol–water partition coefficient (Wildman–Crippen LogP) is 0.463. The first-order valence-corrected chi connectivity index (χ1v) is 6.05. The second-order valence-corrected chi connectivity index (χ2v) is 5.29. The number of aryl methyl sites for hydroxylation is 1. The highest BCUT2D eigenvalue weighted by atomic mass is 32.2. The van der Waals surface area contributed by atoms with Crippen LogP contribution in [0, 0.1) is 5.92 Å². The van der Waals surface area contributed by atoms with Crippen molar-refractivity contribution in [2.75, 3.05) is 6.54 Å². The Morgan fingerprint density at radius 1 is 1.50 bits per heavy atom. The van der Waals surface area contributed by atoms with Crippen molar-refractivity contribution in [1.29, 1.82) is 0 Å². The van der Waals surface area contributed by atoms with Gasteiger partial charge in [0.1, 0.15) is 0 Å². The van der Waals surface area contributed by atoms with E-state index in [-0.39, 0.29) is 11.2 Å². The molecule has 90 valence electrons. The normalized spacial score (nSPS) is 12.8. The van der Waals surface area contributed by atoms with Crippen molar-refractivity contribution in [1.82, 2.24) is 25.5 Å². The van der Waals surface area contributed by atoms with Gasteiger partial charge >= 0.3 is 0 Å². The van der Waals surface area contributed by atoms with Crippen molar-refractivity contribution in [3.63, 3.8) is 0 Å². The molecule has 0 saturated heterocycles. The molecule has 0 fully saturated rings. The molecule has 1 rings (SSSR count). The molecule has 0 radical (unpaired) electrons. The zero-order valence-electron chi connectivity index (χ0n) is 9.97. The van der Waals surface area contributed by atoms with Crippen LogP contribution < -0.4 is 5.32 Å². The van der Waals surface area contributed by atoms with E-state index < -0.39 is 0 Å². The van der Waals surface area contributed by atoms with Crippen LogP contribution in [0.5, 0.6) is 0 Å². The van der Waals surface area contributed by atoms with Gasteiger partial charge in [0.25, 0.3) is 0 Å². The van der Waals surface area contributed by atoms with E-state index >= 15 is 0 Å². The Balaban J connectivity index is 2.43. The smallest absolute Gasteiger partial charge is 0.233 e. The molecule has 0 aliphatic carbocycles. The summed E-state index contributed by atoms with van der Waals surface area (Å²) in [5.41, 5.74) is 0. The van der Waals surface area contributed by atoms with Crippen LogP contribution in [-0.4, -0.2) is 37.9 Å². The summed E-state index contributed by atoms with van der Waals surface area (Å²) in [6.45, 7) is 6.66. The number of rotatable bonds is 5. The van der Waals surface area contributed by atoms with Gasteiger partial charge in [-0.25, -0.2) is 4.68 Å². The van der Waals surface area contributed by atoms with Gasteiger partial charge in [0, 0.05) is 13.6 Å². The number of carbonyl (C=O) groups is 1. The number of carbonyl (C=O) groups excluding carboxylic acids is 1. The van der Waals surface area contributed by atoms with E-state index in [0.29, 0.717) is 17.6 Å². The van der Waals surface area contributed by atoms with E-state index in [1.165, 1.54) is 11.8 Å². The predicted molar refractivity (Wildman–Crippen MR) is 62.0 cm³/mol. The quantitative estimate of drug-likeness (QED) is 0.761. The number of nitrogens with one attached hydrogen (secondary N) is 1. The number of aromatic nitrogens is 4. The van der Waals surface area contributed by atoms with Crippen molar-refractivity contribution in [2.45, 2.75) is 31.2 Å². The van der Waals surface area contributed by atoms with Crippen LogP contribution in [0.2, 0.25) is 0 Å². The first-order chi connectivity index (χ1) is 7.50. The average molecular weight is 243 g/mol. The highest BCUT2D eigenvalue weighted by Gasteiger charge is 2.17. The minimum atomic E-state index is -0.191. The summed E-state index contributed by atoms with van der Waals surface area (Å²) in [6.07, 6.45) is 0. The lowest BCUT2D eigenvalue weighted by atomic mass is 10.2.